The number of nitrogens with two attached hydrogens (primary N) is 1. The van der Waals surface area contributed by atoms with Gasteiger partial charge in [0.2, 0.25) is 10.0 Å². The summed E-state index contributed by atoms with van der Waals surface area (Å²) >= 11 is 5.85. The molecule has 0 aliphatic heterocycles. The van der Waals surface area contributed by atoms with Crippen LogP contribution in [0.1, 0.15) is 5.76 Å². The van der Waals surface area contributed by atoms with Gasteiger partial charge in [0.25, 0.3) is 0 Å². The van der Waals surface area contributed by atoms with Crippen LogP contribution < -0.4 is 5.14 Å². The van der Waals surface area contributed by atoms with E-state index >= 15 is 0 Å². The Labute approximate surface area is 129 Å². The van der Waals surface area contributed by atoms with E-state index < -0.39 is 10.0 Å². The number of benzene rings is 1. The Morgan fingerprint density at radius 3 is 2.48 bits per heavy atom. The van der Waals surface area contributed by atoms with Crippen molar-refractivity contribution in [1.82, 2.24) is 4.90 Å². The first-order chi connectivity index (χ1) is 9.83. The van der Waals surface area contributed by atoms with Crippen LogP contribution in [0.3, 0.4) is 0 Å². The van der Waals surface area contributed by atoms with Crippen molar-refractivity contribution in [3.05, 3.63) is 47.2 Å². The fourth-order valence-corrected chi connectivity index (χ4v) is 2.55. The Balaban J connectivity index is 1.98. The predicted octanol–water partition coefficient (Wildman–Crippen LogP) is 2.32. The van der Waals surface area contributed by atoms with Crippen molar-refractivity contribution < 1.29 is 12.8 Å². The van der Waals surface area contributed by atoms with Crippen molar-refractivity contribution in [2.45, 2.75) is 6.54 Å². The molecule has 0 aliphatic rings. The van der Waals surface area contributed by atoms with Crippen LogP contribution in [0.25, 0.3) is 11.3 Å². The molecule has 0 saturated heterocycles. The second-order valence-corrected chi connectivity index (χ2v) is 7.05. The normalized spacial score (nSPS) is 12.0. The van der Waals surface area contributed by atoms with E-state index in [0.717, 1.165) is 17.1 Å². The van der Waals surface area contributed by atoms with Crippen LogP contribution >= 0.6 is 11.6 Å². The highest BCUT2D eigenvalue weighted by atomic mass is 35.5. The molecule has 0 saturated carbocycles. The molecule has 2 aromatic rings. The van der Waals surface area contributed by atoms with Crippen molar-refractivity contribution in [3.63, 3.8) is 0 Å². The number of rotatable bonds is 6. The summed E-state index contributed by atoms with van der Waals surface area (Å²) in [5.41, 5.74) is 0.942. The number of primary sulfonamides is 1. The summed E-state index contributed by atoms with van der Waals surface area (Å²) in [6.07, 6.45) is 0. The maximum atomic E-state index is 10.9. The van der Waals surface area contributed by atoms with Gasteiger partial charge in [-0.15, -0.1) is 0 Å². The topological polar surface area (TPSA) is 76.5 Å². The molecule has 114 valence electrons. The molecule has 0 atom stereocenters. The summed E-state index contributed by atoms with van der Waals surface area (Å²) in [5.74, 6) is 1.44. The molecular formula is C14H17ClN2O3S. The van der Waals surface area contributed by atoms with Gasteiger partial charge in [-0.3, -0.25) is 4.90 Å². The third kappa shape index (κ3) is 5.17. The Morgan fingerprint density at radius 2 is 1.86 bits per heavy atom. The van der Waals surface area contributed by atoms with Gasteiger partial charge in [0.15, 0.2) is 0 Å². The first kappa shape index (κ1) is 16.0. The molecule has 5 nitrogen and oxygen atoms in total. The number of halogens is 1. The highest BCUT2D eigenvalue weighted by molar-refractivity contribution is 7.89. The van der Waals surface area contributed by atoms with Crippen molar-refractivity contribution >= 4 is 21.6 Å². The highest BCUT2D eigenvalue weighted by Gasteiger charge is 2.10. The molecule has 0 unspecified atom stereocenters. The van der Waals surface area contributed by atoms with Crippen LogP contribution in [-0.2, 0) is 16.6 Å². The molecule has 0 fully saturated rings. The van der Waals surface area contributed by atoms with Gasteiger partial charge in [-0.1, -0.05) is 11.6 Å². The number of nitrogens with zero attached hydrogens (tertiary/aromatic N) is 1. The van der Waals surface area contributed by atoms with Crippen molar-refractivity contribution in [3.8, 4) is 11.3 Å². The van der Waals surface area contributed by atoms with Crippen LogP contribution in [0.2, 0.25) is 5.02 Å². The molecule has 0 amide bonds. The molecule has 1 heterocycles. The smallest absolute Gasteiger partial charge is 0.210 e. The van der Waals surface area contributed by atoms with Gasteiger partial charge < -0.3 is 4.42 Å². The number of furan rings is 1. The van der Waals surface area contributed by atoms with Crippen LogP contribution in [0.4, 0.5) is 0 Å². The van der Waals surface area contributed by atoms with Crippen LogP contribution in [0, 0.1) is 0 Å². The van der Waals surface area contributed by atoms with Crippen molar-refractivity contribution in [2.24, 2.45) is 5.14 Å². The summed E-state index contributed by atoms with van der Waals surface area (Å²) in [7, 11) is -1.62. The molecule has 0 radical (unpaired) electrons. The quantitative estimate of drug-likeness (QED) is 0.882. The minimum absolute atomic E-state index is 0.0751. The van der Waals surface area contributed by atoms with Gasteiger partial charge in [0, 0.05) is 17.1 Å². The molecule has 0 spiro atoms. The Bertz CT molecular complexity index is 695. The van der Waals surface area contributed by atoms with E-state index in [4.69, 9.17) is 21.2 Å². The lowest BCUT2D eigenvalue weighted by molar-refractivity contribution is 0.312. The Kier molecular flexibility index (Phi) is 5.05. The Morgan fingerprint density at radius 1 is 1.19 bits per heavy atom. The zero-order valence-corrected chi connectivity index (χ0v) is 13.2. The number of sulfonamides is 1. The number of hydrogen-bond donors (Lipinski definition) is 1. The predicted molar refractivity (Wildman–Crippen MR) is 83.5 cm³/mol. The molecule has 0 bridgehead atoms. The van der Waals surface area contributed by atoms with Crippen LogP contribution in [0.5, 0.6) is 0 Å². The fraction of sp³-hybridized carbons (Fsp3) is 0.286. The van der Waals surface area contributed by atoms with E-state index in [0.29, 0.717) is 18.1 Å². The zero-order chi connectivity index (χ0) is 15.5. The SMILES string of the molecule is CN(CCS(N)(=O)=O)Cc1ccc(-c2ccc(Cl)cc2)o1. The van der Waals surface area contributed by atoms with E-state index in [1.165, 1.54) is 0 Å². The minimum atomic E-state index is -3.44. The van der Waals surface area contributed by atoms with E-state index in [2.05, 4.69) is 0 Å². The summed E-state index contributed by atoms with van der Waals surface area (Å²) < 4.78 is 27.6. The largest absolute Gasteiger partial charge is 0.460 e. The van der Waals surface area contributed by atoms with Gasteiger partial charge in [-0.05, 0) is 43.4 Å². The summed E-state index contributed by atoms with van der Waals surface area (Å²) in [4.78, 5) is 1.84. The lowest BCUT2D eigenvalue weighted by Gasteiger charge is -2.13. The maximum Gasteiger partial charge on any atom is 0.210 e. The zero-order valence-electron chi connectivity index (χ0n) is 11.6. The number of hydrogen-bond acceptors (Lipinski definition) is 4. The third-order valence-electron chi connectivity index (χ3n) is 2.97. The molecule has 2 rings (SSSR count). The first-order valence-corrected chi connectivity index (χ1v) is 8.46. The van der Waals surface area contributed by atoms with E-state index in [1.807, 2.05) is 36.2 Å². The lowest BCUT2D eigenvalue weighted by Crippen LogP contribution is -2.28. The first-order valence-electron chi connectivity index (χ1n) is 6.37. The van der Waals surface area contributed by atoms with Crippen LogP contribution in [0.15, 0.2) is 40.8 Å². The van der Waals surface area contributed by atoms with Gasteiger partial charge in [-0.25, -0.2) is 13.6 Å². The summed E-state index contributed by atoms with van der Waals surface area (Å²) in [6, 6.07) is 11.1. The third-order valence-corrected chi connectivity index (χ3v) is 3.98. The molecule has 1 aromatic heterocycles. The van der Waals surface area contributed by atoms with Gasteiger partial charge in [0.1, 0.15) is 11.5 Å². The summed E-state index contributed by atoms with van der Waals surface area (Å²) in [5, 5.41) is 5.66. The monoisotopic (exact) mass is 328 g/mol. The molecular weight excluding hydrogens is 312 g/mol. The average molecular weight is 329 g/mol. The van der Waals surface area contributed by atoms with E-state index in [9.17, 15) is 8.42 Å². The highest BCUT2D eigenvalue weighted by Crippen LogP contribution is 2.24. The van der Waals surface area contributed by atoms with Gasteiger partial charge in [-0.2, -0.15) is 0 Å². The second-order valence-electron chi connectivity index (χ2n) is 4.88. The van der Waals surface area contributed by atoms with Crippen LogP contribution in [-0.4, -0.2) is 32.7 Å². The van der Waals surface area contributed by atoms with E-state index in [1.54, 1.807) is 12.1 Å². The minimum Gasteiger partial charge on any atom is -0.460 e. The van der Waals surface area contributed by atoms with Crippen molar-refractivity contribution in [1.29, 1.82) is 0 Å². The molecule has 1 aromatic carbocycles. The standard InChI is InChI=1S/C14H17ClN2O3S/c1-17(8-9-21(16,18)19)10-13-6-7-14(20-13)11-2-4-12(15)5-3-11/h2-7H,8-10H2,1H3,(H2,16,18,19). The maximum absolute atomic E-state index is 10.9. The average Bonchev–Trinajstić information content (AvgIpc) is 2.85. The fourth-order valence-electron chi connectivity index (χ4n) is 1.86. The Hall–Kier alpha value is -1.34. The second kappa shape index (κ2) is 6.62. The van der Waals surface area contributed by atoms with Gasteiger partial charge >= 0.3 is 0 Å². The molecule has 0 aliphatic carbocycles. The molecule has 7 heteroatoms. The van der Waals surface area contributed by atoms with Crippen molar-refractivity contribution in [2.75, 3.05) is 19.3 Å². The van der Waals surface area contributed by atoms with Gasteiger partial charge in [0.05, 0.1) is 12.3 Å². The van der Waals surface area contributed by atoms with E-state index in [-0.39, 0.29) is 5.75 Å². The molecule has 2 N–H and O–H groups in total. The molecule has 21 heavy (non-hydrogen) atoms. The lowest BCUT2D eigenvalue weighted by atomic mass is 10.2. The summed E-state index contributed by atoms with van der Waals surface area (Å²) in [6.45, 7) is 0.874.